The van der Waals surface area contributed by atoms with Gasteiger partial charge in [-0.15, -0.1) is 0 Å². The normalized spacial score (nSPS) is 18.1. The highest BCUT2D eigenvalue weighted by atomic mass is 16.7. The lowest BCUT2D eigenvalue weighted by Crippen LogP contribution is -2.61. The molecule has 1 heterocycles. The zero-order valence-corrected chi connectivity index (χ0v) is 51.8. The van der Waals surface area contributed by atoms with Gasteiger partial charge in [0.25, 0.3) is 0 Å². The number of carbonyl (C=O) groups is 4. The minimum Gasteiger partial charge on any atom is -0.479 e. The third-order valence-electron chi connectivity index (χ3n) is 15.1. The standard InChI is InChI=1S/C69H120O12/c1-4-7-10-13-16-19-22-25-28-30-31-33-36-39-42-45-48-51-54-57-63(72)80-67-65(74)64(73)66(68(75)76)81-69(67)78-59-60(79-62(71)56-53-50-47-44-41-38-34-27-24-21-18-15-12-9-6-3)58-77-61(70)55-52-49-46-43-40-37-35-32-29-26-23-20-17-14-11-8-5-2/h16-17,19-20,25-26,28-29,31,33,60,64-67,69,73-74H,4-15,18,21-24,27,30,32,34-59H2,1-3H3,(H,75,76)/b19-16-,20-17-,28-25-,29-26-,33-31-. The van der Waals surface area contributed by atoms with Crippen LogP contribution in [0.15, 0.2) is 60.8 Å². The fourth-order valence-electron chi connectivity index (χ4n) is 9.94. The highest BCUT2D eigenvalue weighted by Crippen LogP contribution is 2.27. The van der Waals surface area contributed by atoms with Gasteiger partial charge in [-0.1, -0.05) is 255 Å². The van der Waals surface area contributed by atoms with Crippen molar-refractivity contribution >= 4 is 23.9 Å². The summed E-state index contributed by atoms with van der Waals surface area (Å²) in [5.41, 5.74) is 0. The summed E-state index contributed by atoms with van der Waals surface area (Å²) in [6.45, 7) is 5.97. The molecule has 0 saturated carbocycles. The summed E-state index contributed by atoms with van der Waals surface area (Å²) < 4.78 is 28.6. The predicted octanol–water partition coefficient (Wildman–Crippen LogP) is 17.9. The summed E-state index contributed by atoms with van der Waals surface area (Å²) in [6.07, 6.45) is 58.8. The second-order valence-electron chi connectivity index (χ2n) is 22.8. The van der Waals surface area contributed by atoms with Gasteiger partial charge < -0.3 is 39.0 Å². The second-order valence-corrected chi connectivity index (χ2v) is 22.8. The van der Waals surface area contributed by atoms with Gasteiger partial charge >= 0.3 is 23.9 Å². The first-order chi connectivity index (χ1) is 39.6. The molecular formula is C69H120O12. The van der Waals surface area contributed by atoms with Crippen LogP contribution in [0.5, 0.6) is 0 Å². The van der Waals surface area contributed by atoms with Crippen molar-refractivity contribution in [2.45, 2.75) is 340 Å². The third-order valence-corrected chi connectivity index (χ3v) is 15.1. The van der Waals surface area contributed by atoms with E-state index in [0.29, 0.717) is 19.3 Å². The quantitative estimate of drug-likeness (QED) is 0.0228. The maximum absolute atomic E-state index is 13.2. The summed E-state index contributed by atoms with van der Waals surface area (Å²) in [6, 6.07) is 0. The molecule has 12 nitrogen and oxygen atoms in total. The van der Waals surface area contributed by atoms with Crippen molar-refractivity contribution in [3.63, 3.8) is 0 Å². The average molecular weight is 1140 g/mol. The molecule has 0 aromatic heterocycles. The Bertz CT molecular complexity index is 1640. The number of rotatable bonds is 57. The number of hydrogen-bond donors (Lipinski definition) is 3. The largest absolute Gasteiger partial charge is 0.479 e. The first-order valence-electron chi connectivity index (χ1n) is 33.3. The maximum Gasteiger partial charge on any atom is 0.335 e. The van der Waals surface area contributed by atoms with E-state index in [1.807, 2.05) is 0 Å². The molecule has 6 atom stereocenters. The van der Waals surface area contributed by atoms with Crippen molar-refractivity contribution in [1.29, 1.82) is 0 Å². The third kappa shape index (κ3) is 46.5. The fourth-order valence-corrected chi connectivity index (χ4v) is 9.94. The zero-order valence-electron chi connectivity index (χ0n) is 51.8. The Kier molecular flexibility index (Phi) is 53.0. The van der Waals surface area contributed by atoms with Crippen LogP contribution in [0.4, 0.5) is 0 Å². The number of esters is 3. The highest BCUT2D eigenvalue weighted by Gasteiger charge is 2.50. The summed E-state index contributed by atoms with van der Waals surface area (Å²) in [7, 11) is 0. The number of hydrogen-bond acceptors (Lipinski definition) is 11. The van der Waals surface area contributed by atoms with Gasteiger partial charge in [0.15, 0.2) is 24.6 Å². The van der Waals surface area contributed by atoms with E-state index < -0.39 is 67.3 Å². The van der Waals surface area contributed by atoms with Gasteiger partial charge in [0.05, 0.1) is 6.61 Å². The molecule has 468 valence electrons. The van der Waals surface area contributed by atoms with E-state index in [9.17, 15) is 34.5 Å². The van der Waals surface area contributed by atoms with Crippen LogP contribution in [-0.2, 0) is 42.9 Å². The van der Waals surface area contributed by atoms with E-state index >= 15 is 0 Å². The van der Waals surface area contributed by atoms with Gasteiger partial charge in [-0.3, -0.25) is 14.4 Å². The molecule has 0 spiro atoms. The van der Waals surface area contributed by atoms with Crippen molar-refractivity contribution in [3.8, 4) is 0 Å². The fraction of sp³-hybridized carbons (Fsp3) is 0.797. The summed E-state index contributed by atoms with van der Waals surface area (Å²) >= 11 is 0. The highest BCUT2D eigenvalue weighted by molar-refractivity contribution is 5.74. The second kappa shape index (κ2) is 56.9. The Morgan fingerprint density at radius 1 is 0.407 bits per heavy atom. The Morgan fingerprint density at radius 2 is 0.741 bits per heavy atom. The van der Waals surface area contributed by atoms with E-state index in [4.69, 9.17) is 23.7 Å². The molecule has 1 aliphatic rings. The van der Waals surface area contributed by atoms with Crippen molar-refractivity contribution in [2.24, 2.45) is 0 Å². The van der Waals surface area contributed by atoms with Crippen molar-refractivity contribution < 1.29 is 58.2 Å². The Hall–Kier alpha value is -3.58. The number of carbonyl (C=O) groups excluding carboxylic acids is 3. The number of unbranched alkanes of at least 4 members (excludes halogenated alkanes) is 33. The molecular weight excluding hydrogens is 1020 g/mol. The molecule has 1 saturated heterocycles. The van der Waals surface area contributed by atoms with Gasteiger partial charge in [-0.05, 0) is 89.9 Å². The average Bonchev–Trinajstić information content (AvgIpc) is 3.54. The molecule has 1 aliphatic heterocycles. The van der Waals surface area contributed by atoms with Crippen LogP contribution in [0.3, 0.4) is 0 Å². The molecule has 6 unspecified atom stereocenters. The molecule has 1 fully saturated rings. The Labute approximate surface area is 494 Å². The van der Waals surface area contributed by atoms with Gasteiger partial charge in [-0.25, -0.2) is 4.79 Å². The summed E-state index contributed by atoms with van der Waals surface area (Å²) in [4.78, 5) is 51.4. The summed E-state index contributed by atoms with van der Waals surface area (Å²) in [5.74, 6) is -3.12. The Morgan fingerprint density at radius 3 is 1.15 bits per heavy atom. The number of carboxylic acid groups (broad SMARTS) is 1. The van der Waals surface area contributed by atoms with E-state index in [-0.39, 0.29) is 25.9 Å². The van der Waals surface area contributed by atoms with E-state index in [1.165, 1.54) is 135 Å². The molecule has 1 rings (SSSR count). The first kappa shape index (κ1) is 75.4. The monoisotopic (exact) mass is 1140 g/mol. The molecule has 0 aliphatic carbocycles. The molecule has 0 radical (unpaired) electrons. The number of aliphatic hydroxyl groups is 2. The van der Waals surface area contributed by atoms with Gasteiger partial charge in [0.2, 0.25) is 0 Å². The SMILES string of the molecule is CCCCC/C=C\C/C=C\C/C=C\CCCCCCCCC(=O)OC1C(OCC(COC(=O)CCCCCCCCC/C=C\C/C=C\CCCCC)OC(=O)CCCCCCCCCCCCCCCCC)OC(C(=O)O)C(O)C1O. The van der Waals surface area contributed by atoms with Crippen LogP contribution < -0.4 is 0 Å². The topological polar surface area (TPSA) is 175 Å². The minimum absolute atomic E-state index is 0.0460. The molecule has 0 aromatic carbocycles. The number of carboxylic acids is 1. The van der Waals surface area contributed by atoms with Crippen LogP contribution in [-0.4, -0.2) is 89.2 Å². The molecule has 0 aromatic rings. The smallest absolute Gasteiger partial charge is 0.335 e. The summed E-state index contributed by atoms with van der Waals surface area (Å²) in [5, 5.41) is 31.6. The van der Waals surface area contributed by atoms with Crippen molar-refractivity contribution in [1.82, 2.24) is 0 Å². The minimum atomic E-state index is -1.91. The van der Waals surface area contributed by atoms with Crippen molar-refractivity contribution in [2.75, 3.05) is 13.2 Å². The van der Waals surface area contributed by atoms with Crippen LogP contribution in [0.25, 0.3) is 0 Å². The van der Waals surface area contributed by atoms with Crippen LogP contribution in [0.1, 0.15) is 303 Å². The number of aliphatic carboxylic acids is 1. The first-order valence-corrected chi connectivity index (χ1v) is 33.3. The van der Waals surface area contributed by atoms with Crippen LogP contribution >= 0.6 is 0 Å². The predicted molar refractivity (Wildman–Crippen MR) is 331 cm³/mol. The molecule has 12 heteroatoms. The van der Waals surface area contributed by atoms with E-state index in [1.54, 1.807) is 0 Å². The maximum atomic E-state index is 13.2. The zero-order chi connectivity index (χ0) is 58.9. The van der Waals surface area contributed by atoms with Crippen LogP contribution in [0.2, 0.25) is 0 Å². The lowest BCUT2D eigenvalue weighted by Gasteiger charge is -2.40. The molecule has 0 bridgehead atoms. The number of allylic oxidation sites excluding steroid dienone is 10. The van der Waals surface area contributed by atoms with Crippen LogP contribution in [0, 0.1) is 0 Å². The van der Waals surface area contributed by atoms with Gasteiger partial charge in [0, 0.05) is 19.3 Å². The molecule has 81 heavy (non-hydrogen) atoms. The van der Waals surface area contributed by atoms with E-state index in [2.05, 4.69) is 81.5 Å². The van der Waals surface area contributed by atoms with Gasteiger partial charge in [-0.2, -0.15) is 0 Å². The van der Waals surface area contributed by atoms with Crippen molar-refractivity contribution in [3.05, 3.63) is 60.8 Å². The number of aliphatic hydroxyl groups excluding tert-OH is 2. The lowest BCUT2D eigenvalue weighted by atomic mass is 9.98. The number of ether oxygens (including phenoxy) is 5. The molecule has 3 N–H and O–H groups in total. The lowest BCUT2D eigenvalue weighted by molar-refractivity contribution is -0.301. The van der Waals surface area contributed by atoms with E-state index in [0.717, 1.165) is 109 Å². The molecule has 0 amide bonds. The Balaban J connectivity index is 2.65. The van der Waals surface area contributed by atoms with Gasteiger partial charge in [0.1, 0.15) is 18.8 Å².